The fourth-order valence-electron chi connectivity index (χ4n) is 4.57. The summed E-state index contributed by atoms with van der Waals surface area (Å²) in [6.07, 6.45) is 19.7. The van der Waals surface area contributed by atoms with Crippen LogP contribution in [0.25, 0.3) is 0 Å². The Labute approximate surface area is 254 Å². The molecule has 0 unspecified atom stereocenters. The number of benzene rings is 2. The quantitative estimate of drug-likeness (QED) is 0.101. The molecule has 1 nitrogen and oxygen atoms in total. The summed E-state index contributed by atoms with van der Waals surface area (Å²) in [4.78, 5) is 12.0. The van der Waals surface area contributed by atoms with Gasteiger partial charge in [-0.05, 0) is 37.1 Å². The van der Waals surface area contributed by atoms with Gasteiger partial charge in [-0.2, -0.15) is 0 Å². The van der Waals surface area contributed by atoms with E-state index in [-0.39, 0.29) is 17.8 Å². The van der Waals surface area contributed by atoms with Crippen LogP contribution in [0.2, 0.25) is 0 Å². The summed E-state index contributed by atoms with van der Waals surface area (Å²) in [5, 5.41) is 0. The molecule has 0 aliphatic heterocycles. The molecule has 0 aliphatic carbocycles. The SMILES string of the molecule is CCCCCCCCCCC(=O)c1cccc(Br)c1.CCCCCCCCCCC(F)(F)c1cccc(Br)c1. The summed E-state index contributed by atoms with van der Waals surface area (Å²) in [6.45, 7) is 4.44. The molecule has 0 spiro atoms. The minimum Gasteiger partial charge on any atom is -0.294 e. The van der Waals surface area contributed by atoms with Gasteiger partial charge in [-0.1, -0.05) is 160 Å². The van der Waals surface area contributed by atoms with E-state index in [9.17, 15) is 13.6 Å². The number of carbonyl (C=O) groups excluding carboxylic acids is 1. The predicted molar refractivity (Wildman–Crippen MR) is 171 cm³/mol. The molecule has 0 aliphatic rings. The first kappa shape index (κ1) is 36.0. The van der Waals surface area contributed by atoms with Gasteiger partial charge in [0.2, 0.25) is 0 Å². The van der Waals surface area contributed by atoms with E-state index in [2.05, 4.69) is 45.7 Å². The highest BCUT2D eigenvalue weighted by atomic mass is 79.9. The zero-order valence-electron chi connectivity index (χ0n) is 24.3. The van der Waals surface area contributed by atoms with E-state index in [1.54, 1.807) is 12.1 Å². The zero-order chi connectivity index (χ0) is 28.8. The van der Waals surface area contributed by atoms with Crippen LogP contribution >= 0.6 is 31.9 Å². The molecule has 39 heavy (non-hydrogen) atoms. The lowest BCUT2D eigenvalue weighted by Gasteiger charge is -2.16. The Morgan fingerprint density at radius 1 is 0.641 bits per heavy atom. The number of hydrogen-bond acceptors (Lipinski definition) is 1. The number of Topliss-reactive ketones (excluding diaryl/α,β-unsaturated/α-hetero) is 1. The van der Waals surface area contributed by atoms with E-state index in [4.69, 9.17) is 0 Å². The molecule has 5 heteroatoms. The summed E-state index contributed by atoms with van der Waals surface area (Å²) < 4.78 is 29.7. The van der Waals surface area contributed by atoms with Crippen LogP contribution in [0, 0.1) is 0 Å². The lowest BCUT2D eigenvalue weighted by Crippen LogP contribution is -2.13. The molecule has 0 amide bonds. The third-order valence-corrected chi connectivity index (χ3v) is 7.98. The summed E-state index contributed by atoms with van der Waals surface area (Å²) in [5.74, 6) is -2.43. The average molecular weight is 673 g/mol. The molecule has 0 N–H and O–H groups in total. The first-order valence-corrected chi connectivity index (χ1v) is 16.8. The summed E-state index contributed by atoms with van der Waals surface area (Å²) in [5.41, 5.74) is 0.951. The molecular weight excluding hydrogens is 622 g/mol. The normalized spacial score (nSPS) is 11.2. The van der Waals surface area contributed by atoms with Crippen LogP contribution in [0.1, 0.15) is 145 Å². The van der Waals surface area contributed by atoms with Crippen molar-refractivity contribution in [2.75, 3.05) is 0 Å². The van der Waals surface area contributed by atoms with Crippen LogP contribution in [-0.4, -0.2) is 5.78 Å². The summed E-state index contributed by atoms with van der Waals surface area (Å²) in [7, 11) is 0. The Morgan fingerprint density at radius 2 is 1.10 bits per heavy atom. The lowest BCUT2D eigenvalue weighted by atomic mass is 10.0. The van der Waals surface area contributed by atoms with Gasteiger partial charge < -0.3 is 0 Å². The van der Waals surface area contributed by atoms with Gasteiger partial charge in [0.25, 0.3) is 5.92 Å². The molecule has 0 aromatic heterocycles. The maximum absolute atomic E-state index is 14.0. The smallest absolute Gasteiger partial charge is 0.273 e. The van der Waals surface area contributed by atoms with Crippen molar-refractivity contribution < 1.29 is 13.6 Å². The molecule has 0 heterocycles. The third-order valence-electron chi connectivity index (χ3n) is 7.00. The third kappa shape index (κ3) is 18.1. The number of alkyl halides is 2. The Balaban J connectivity index is 0.000000391. The van der Waals surface area contributed by atoms with Crippen LogP contribution in [0.4, 0.5) is 8.78 Å². The number of rotatable bonds is 20. The van der Waals surface area contributed by atoms with Crippen molar-refractivity contribution >= 4 is 37.6 Å². The fraction of sp³-hybridized carbons (Fsp3) is 0.618. The summed E-state index contributed by atoms with van der Waals surface area (Å²) in [6, 6.07) is 14.2. The first-order chi connectivity index (χ1) is 18.8. The van der Waals surface area contributed by atoms with Gasteiger partial charge in [0, 0.05) is 32.9 Å². The maximum atomic E-state index is 14.0. The van der Waals surface area contributed by atoms with E-state index >= 15 is 0 Å². The topological polar surface area (TPSA) is 17.1 Å². The predicted octanol–water partition coefficient (Wildman–Crippen LogP) is 13.2. The Bertz CT molecular complexity index is 900. The van der Waals surface area contributed by atoms with Gasteiger partial charge >= 0.3 is 0 Å². The molecule has 0 radical (unpaired) electrons. The van der Waals surface area contributed by atoms with Crippen molar-refractivity contribution in [3.8, 4) is 0 Å². The molecule has 0 atom stereocenters. The number of carbonyl (C=O) groups is 1. The molecule has 2 rings (SSSR count). The lowest BCUT2D eigenvalue weighted by molar-refractivity contribution is -0.0159. The van der Waals surface area contributed by atoms with Gasteiger partial charge in [0.15, 0.2) is 5.78 Å². The van der Waals surface area contributed by atoms with Gasteiger partial charge in [-0.15, -0.1) is 0 Å². The van der Waals surface area contributed by atoms with Gasteiger partial charge in [-0.25, -0.2) is 8.78 Å². The molecule has 2 aromatic carbocycles. The highest BCUT2D eigenvalue weighted by molar-refractivity contribution is 9.10. The van der Waals surface area contributed by atoms with Crippen LogP contribution in [0.15, 0.2) is 57.5 Å². The molecule has 0 saturated carbocycles. The van der Waals surface area contributed by atoms with Crippen molar-refractivity contribution in [3.05, 3.63) is 68.6 Å². The van der Waals surface area contributed by atoms with Crippen LogP contribution in [-0.2, 0) is 5.92 Å². The van der Waals surface area contributed by atoms with Crippen LogP contribution in [0.3, 0.4) is 0 Å². The van der Waals surface area contributed by atoms with Crippen LogP contribution < -0.4 is 0 Å². The Hall–Kier alpha value is -1.07. The molecule has 0 bridgehead atoms. The zero-order valence-corrected chi connectivity index (χ0v) is 27.4. The number of hydrogen-bond donors (Lipinski definition) is 0. The molecule has 2 aromatic rings. The van der Waals surface area contributed by atoms with Gasteiger partial charge in [0.1, 0.15) is 0 Å². The maximum Gasteiger partial charge on any atom is 0.273 e. The van der Waals surface area contributed by atoms with E-state index in [0.29, 0.717) is 17.3 Å². The second kappa shape index (κ2) is 22.6. The van der Waals surface area contributed by atoms with E-state index < -0.39 is 5.92 Å². The molecule has 0 saturated heterocycles. The van der Waals surface area contributed by atoms with Crippen molar-refractivity contribution in [2.24, 2.45) is 0 Å². The summed E-state index contributed by atoms with van der Waals surface area (Å²) >= 11 is 6.65. The monoisotopic (exact) mass is 670 g/mol. The molecule has 220 valence electrons. The number of ketones is 1. The second-order valence-electron chi connectivity index (χ2n) is 10.6. The first-order valence-electron chi connectivity index (χ1n) is 15.2. The minimum atomic E-state index is -2.70. The fourth-order valence-corrected chi connectivity index (χ4v) is 5.37. The number of halogens is 4. The van der Waals surface area contributed by atoms with Gasteiger partial charge in [-0.3, -0.25) is 4.79 Å². The van der Waals surface area contributed by atoms with Gasteiger partial charge in [0.05, 0.1) is 0 Å². The van der Waals surface area contributed by atoms with Crippen LogP contribution in [0.5, 0.6) is 0 Å². The minimum absolute atomic E-state index is 0.0432. The largest absolute Gasteiger partial charge is 0.294 e. The second-order valence-corrected chi connectivity index (χ2v) is 12.4. The van der Waals surface area contributed by atoms with Crippen molar-refractivity contribution in [1.82, 2.24) is 0 Å². The van der Waals surface area contributed by atoms with Crippen molar-refractivity contribution in [1.29, 1.82) is 0 Å². The highest BCUT2D eigenvalue weighted by Crippen LogP contribution is 2.34. The highest BCUT2D eigenvalue weighted by Gasteiger charge is 2.30. The average Bonchev–Trinajstić information content (AvgIpc) is 2.92. The Morgan fingerprint density at radius 3 is 1.62 bits per heavy atom. The number of unbranched alkanes of at least 4 members (excludes halogenated alkanes) is 14. The standard InChI is InChI=1S/C17H25BrF2.C17H25BrO/c1-2-3-4-5-6-7-8-9-13-17(19,20)15-11-10-12-16(18)14-15;1-2-3-4-5-6-7-8-9-13-17(19)15-11-10-12-16(18)14-15/h10-12,14H,2-9,13H2,1H3;10-12,14H,2-9,13H2,1H3. The van der Waals surface area contributed by atoms with E-state index in [1.807, 2.05) is 24.3 Å². The Kier molecular flexibility index (Phi) is 20.8. The van der Waals surface area contributed by atoms with Crippen molar-refractivity contribution in [2.45, 2.75) is 135 Å². The molecule has 0 fully saturated rings. The van der Waals surface area contributed by atoms with E-state index in [1.165, 1.54) is 89.2 Å². The molecular formula is C34H50Br2F2O. The van der Waals surface area contributed by atoms with E-state index in [0.717, 1.165) is 29.3 Å². The van der Waals surface area contributed by atoms with Crippen molar-refractivity contribution in [3.63, 3.8) is 0 Å².